The molecule has 2 heterocycles. The standard InChI is InChI=1S/C10H14O6S2/c1-3-8(13)9(14,4-2)18-10(17-8)15-6(11)5-7(12)16-10/h13-14H,3-5H2,1-2H3. The van der Waals surface area contributed by atoms with Crippen LogP contribution in [0.2, 0.25) is 0 Å². The first kappa shape index (κ1) is 14.0. The second-order valence-electron chi connectivity index (χ2n) is 4.10. The number of esters is 2. The summed E-state index contributed by atoms with van der Waals surface area (Å²) in [6.07, 6.45) is 0.00962. The van der Waals surface area contributed by atoms with Gasteiger partial charge in [0.2, 0.25) is 0 Å². The number of rotatable bonds is 2. The topological polar surface area (TPSA) is 93.1 Å². The molecule has 0 aromatic heterocycles. The van der Waals surface area contributed by atoms with Crippen LogP contribution in [0.1, 0.15) is 33.1 Å². The summed E-state index contributed by atoms with van der Waals surface area (Å²) < 4.78 is 8.37. The van der Waals surface area contributed by atoms with E-state index in [0.717, 1.165) is 23.5 Å². The van der Waals surface area contributed by atoms with Crippen LogP contribution in [0.25, 0.3) is 0 Å². The number of hydrogen-bond acceptors (Lipinski definition) is 8. The Morgan fingerprint density at radius 1 is 1.06 bits per heavy atom. The van der Waals surface area contributed by atoms with Crippen LogP contribution in [0, 0.1) is 0 Å². The largest absolute Gasteiger partial charge is 0.403 e. The third-order valence-electron chi connectivity index (χ3n) is 2.92. The zero-order valence-electron chi connectivity index (χ0n) is 9.97. The highest BCUT2D eigenvalue weighted by Gasteiger charge is 2.68. The Kier molecular flexibility index (Phi) is 3.33. The molecule has 0 bridgehead atoms. The van der Waals surface area contributed by atoms with E-state index in [2.05, 4.69) is 0 Å². The van der Waals surface area contributed by atoms with E-state index in [0.29, 0.717) is 0 Å². The SMILES string of the molecule is CCC1(O)SC2(OC(=O)CC(=O)O2)SC1(O)CC. The maximum atomic E-state index is 11.3. The van der Waals surface area contributed by atoms with E-state index in [1.807, 2.05) is 0 Å². The number of carbonyl (C=O) groups excluding carboxylic acids is 2. The molecule has 2 fully saturated rings. The molecule has 2 rings (SSSR count). The van der Waals surface area contributed by atoms with Crippen LogP contribution in [-0.2, 0) is 19.1 Å². The Morgan fingerprint density at radius 2 is 1.44 bits per heavy atom. The molecule has 0 aromatic carbocycles. The summed E-state index contributed by atoms with van der Waals surface area (Å²) in [4.78, 5) is 19.6. The summed E-state index contributed by atoms with van der Waals surface area (Å²) >= 11 is 1.52. The summed E-state index contributed by atoms with van der Waals surface area (Å²) in [6, 6.07) is 0. The second kappa shape index (κ2) is 4.29. The second-order valence-corrected chi connectivity index (χ2v) is 7.20. The quantitative estimate of drug-likeness (QED) is 0.570. The summed E-state index contributed by atoms with van der Waals surface area (Å²) in [5, 5.41) is 20.8. The van der Waals surface area contributed by atoms with Crippen molar-refractivity contribution in [2.24, 2.45) is 0 Å². The van der Waals surface area contributed by atoms with Crippen molar-refractivity contribution in [3.8, 4) is 0 Å². The Balaban J connectivity index is 2.33. The van der Waals surface area contributed by atoms with E-state index in [4.69, 9.17) is 9.47 Å². The van der Waals surface area contributed by atoms with Gasteiger partial charge in [-0.2, -0.15) is 0 Å². The molecule has 0 aromatic rings. The Labute approximate surface area is 112 Å². The van der Waals surface area contributed by atoms with Gasteiger partial charge in [0.15, 0.2) is 9.87 Å². The van der Waals surface area contributed by atoms with Crippen LogP contribution in [0.15, 0.2) is 0 Å². The predicted octanol–water partition coefficient (Wildman–Crippen LogP) is 0.765. The molecule has 0 radical (unpaired) electrons. The first-order valence-corrected chi connectivity index (χ1v) is 7.20. The summed E-state index contributed by atoms with van der Waals surface area (Å²) in [5.74, 6) is -1.44. The fraction of sp³-hybridized carbons (Fsp3) is 0.800. The molecule has 0 aliphatic carbocycles. The van der Waals surface area contributed by atoms with Gasteiger partial charge in [-0.1, -0.05) is 13.8 Å². The third-order valence-corrected chi connectivity index (χ3v) is 6.31. The minimum Gasteiger partial charge on any atom is -0.403 e. The molecule has 0 saturated carbocycles. The molecule has 2 atom stereocenters. The van der Waals surface area contributed by atoms with Crippen LogP contribution in [0.5, 0.6) is 0 Å². The maximum Gasteiger partial charge on any atom is 0.364 e. The first-order valence-electron chi connectivity index (χ1n) is 5.57. The molecule has 0 amide bonds. The molecule has 1 spiro atoms. The molecule has 6 nitrogen and oxygen atoms in total. The van der Waals surface area contributed by atoms with Gasteiger partial charge in [-0.05, 0) is 36.4 Å². The van der Waals surface area contributed by atoms with E-state index in [1.54, 1.807) is 13.8 Å². The summed E-state index contributed by atoms with van der Waals surface area (Å²) in [6.45, 7) is 3.39. The Bertz CT molecular complexity index is 364. The van der Waals surface area contributed by atoms with Crippen molar-refractivity contribution in [2.75, 3.05) is 0 Å². The van der Waals surface area contributed by atoms with E-state index in [9.17, 15) is 19.8 Å². The smallest absolute Gasteiger partial charge is 0.364 e. The third kappa shape index (κ3) is 2.01. The van der Waals surface area contributed by atoms with Gasteiger partial charge in [0, 0.05) is 0 Å². The van der Waals surface area contributed by atoms with Gasteiger partial charge in [0.25, 0.3) is 0 Å². The zero-order chi connectivity index (χ0) is 13.6. The number of ether oxygens (including phenoxy) is 2. The van der Waals surface area contributed by atoms with Crippen LogP contribution < -0.4 is 0 Å². The minimum absolute atomic E-state index is 0.228. The molecular weight excluding hydrogens is 280 g/mol. The average molecular weight is 294 g/mol. The first-order chi connectivity index (χ1) is 8.28. The lowest BCUT2D eigenvalue weighted by molar-refractivity contribution is -0.193. The lowest BCUT2D eigenvalue weighted by Crippen LogP contribution is -2.44. The fourth-order valence-electron chi connectivity index (χ4n) is 1.86. The van der Waals surface area contributed by atoms with E-state index < -0.39 is 32.7 Å². The van der Waals surface area contributed by atoms with Crippen LogP contribution >= 0.6 is 23.5 Å². The molecule has 102 valence electrons. The van der Waals surface area contributed by atoms with Gasteiger partial charge in [0.1, 0.15) is 6.42 Å². The normalized spacial score (nSPS) is 38.7. The maximum absolute atomic E-state index is 11.3. The van der Waals surface area contributed by atoms with Gasteiger partial charge in [-0.15, -0.1) is 0 Å². The van der Waals surface area contributed by atoms with Crippen LogP contribution in [0.3, 0.4) is 0 Å². The van der Waals surface area contributed by atoms with Crippen LogP contribution in [0.4, 0.5) is 0 Å². The van der Waals surface area contributed by atoms with E-state index in [-0.39, 0.29) is 12.8 Å². The molecule has 2 N–H and O–H groups in total. The van der Waals surface area contributed by atoms with Crippen molar-refractivity contribution >= 4 is 35.5 Å². The number of aliphatic hydroxyl groups is 2. The summed E-state index contributed by atoms with van der Waals surface area (Å²) in [7, 11) is 0. The van der Waals surface area contributed by atoms with Gasteiger partial charge in [0.05, 0.1) is 0 Å². The molecule has 2 unspecified atom stereocenters. The molecule has 8 heteroatoms. The fourth-order valence-corrected chi connectivity index (χ4v) is 5.37. The lowest BCUT2D eigenvalue weighted by atomic mass is 10.1. The van der Waals surface area contributed by atoms with Gasteiger partial charge in [-0.3, -0.25) is 9.59 Å². The predicted molar refractivity (Wildman–Crippen MR) is 65.2 cm³/mol. The lowest BCUT2D eigenvalue weighted by Gasteiger charge is -2.32. The van der Waals surface area contributed by atoms with Gasteiger partial charge >= 0.3 is 16.4 Å². The van der Waals surface area contributed by atoms with E-state index in [1.165, 1.54) is 0 Å². The van der Waals surface area contributed by atoms with Crippen molar-refractivity contribution in [3.63, 3.8) is 0 Å². The molecule has 18 heavy (non-hydrogen) atoms. The van der Waals surface area contributed by atoms with Crippen molar-refractivity contribution < 1.29 is 29.3 Å². The zero-order valence-corrected chi connectivity index (χ0v) is 11.6. The molecule has 2 aliphatic heterocycles. The average Bonchev–Trinajstić information content (AvgIpc) is 2.46. The molecule has 2 saturated heterocycles. The van der Waals surface area contributed by atoms with Crippen molar-refractivity contribution in [3.05, 3.63) is 0 Å². The number of thioether (sulfide) groups is 2. The highest BCUT2D eigenvalue weighted by atomic mass is 32.2. The Hall–Kier alpha value is -0.440. The molecule has 2 aliphatic rings. The van der Waals surface area contributed by atoms with Gasteiger partial charge < -0.3 is 19.7 Å². The highest BCUT2D eigenvalue weighted by molar-refractivity contribution is 8.22. The van der Waals surface area contributed by atoms with Crippen molar-refractivity contribution in [1.82, 2.24) is 0 Å². The minimum atomic E-state index is -1.68. The molecular formula is C10H14O6S2. The Morgan fingerprint density at radius 3 is 1.78 bits per heavy atom. The van der Waals surface area contributed by atoms with Gasteiger partial charge in [-0.25, -0.2) is 0 Å². The number of carbonyl (C=O) groups is 2. The monoisotopic (exact) mass is 294 g/mol. The highest BCUT2D eigenvalue weighted by Crippen LogP contribution is 2.65. The summed E-state index contributed by atoms with van der Waals surface area (Å²) in [5.41, 5.74) is 0. The van der Waals surface area contributed by atoms with E-state index >= 15 is 0 Å². The van der Waals surface area contributed by atoms with Crippen LogP contribution in [-0.4, -0.2) is 36.5 Å². The van der Waals surface area contributed by atoms with Crippen molar-refractivity contribution in [1.29, 1.82) is 0 Å². The number of hydrogen-bond donors (Lipinski definition) is 2. The van der Waals surface area contributed by atoms with Crippen molar-refractivity contribution in [2.45, 2.75) is 47.4 Å².